The number of likely N-dealkylation sites (tertiary alicyclic amines) is 1. The Bertz CT molecular complexity index is 1060. The topological polar surface area (TPSA) is 33.5 Å². The fraction of sp³-hybridized carbons (Fsp3) is 0.435. The van der Waals surface area contributed by atoms with Gasteiger partial charge in [-0.3, -0.25) is 4.68 Å². The second kappa shape index (κ2) is 6.73. The van der Waals surface area contributed by atoms with Crippen LogP contribution in [0.4, 0.5) is 10.1 Å². The number of rotatable bonds is 4. The van der Waals surface area contributed by atoms with Gasteiger partial charge in [-0.15, -0.1) is 0 Å². The first kappa shape index (κ1) is 17.3. The lowest BCUT2D eigenvalue weighted by atomic mass is 9.89. The highest BCUT2D eigenvalue weighted by atomic mass is 19.1. The van der Waals surface area contributed by atoms with Crippen molar-refractivity contribution in [3.05, 3.63) is 54.0 Å². The maximum Gasteiger partial charge on any atom is 0.142 e. The lowest BCUT2D eigenvalue weighted by Gasteiger charge is -2.40. The van der Waals surface area contributed by atoms with Crippen molar-refractivity contribution in [3.8, 4) is 5.75 Å². The minimum Gasteiger partial charge on any atom is -0.490 e. The molecule has 29 heavy (non-hydrogen) atoms. The van der Waals surface area contributed by atoms with Crippen molar-refractivity contribution in [2.24, 2.45) is 0 Å². The van der Waals surface area contributed by atoms with Gasteiger partial charge in [0.15, 0.2) is 0 Å². The summed E-state index contributed by atoms with van der Waals surface area (Å²) in [6.07, 6.45) is 4.05. The van der Waals surface area contributed by atoms with Crippen molar-refractivity contribution in [1.82, 2.24) is 14.7 Å². The number of hydrogen-bond acceptors (Lipinski definition) is 4. The van der Waals surface area contributed by atoms with Gasteiger partial charge in [-0.2, -0.15) is 5.10 Å². The first-order valence-electron chi connectivity index (χ1n) is 10.6. The van der Waals surface area contributed by atoms with E-state index < -0.39 is 0 Å². The van der Waals surface area contributed by atoms with E-state index >= 15 is 0 Å². The summed E-state index contributed by atoms with van der Waals surface area (Å²) in [5.41, 5.74) is 3.70. The third-order valence-electron chi connectivity index (χ3n) is 6.82. The fourth-order valence-corrected chi connectivity index (χ4v) is 5.51. The molecule has 150 valence electrons. The number of hydrogen-bond donors (Lipinski definition) is 0. The summed E-state index contributed by atoms with van der Waals surface area (Å²) in [5, 5.41) is 5.45. The summed E-state index contributed by atoms with van der Waals surface area (Å²) in [6, 6.07) is 12.0. The molecule has 0 amide bonds. The van der Waals surface area contributed by atoms with Gasteiger partial charge < -0.3 is 14.5 Å². The number of anilines is 1. The van der Waals surface area contributed by atoms with Crippen LogP contribution in [-0.2, 0) is 6.54 Å². The molecule has 2 atom stereocenters. The lowest BCUT2D eigenvalue weighted by Crippen LogP contribution is -2.48. The highest BCUT2D eigenvalue weighted by Crippen LogP contribution is 2.50. The van der Waals surface area contributed by atoms with Gasteiger partial charge in [0.25, 0.3) is 0 Å². The molecule has 1 aromatic heterocycles. The Morgan fingerprint density at radius 2 is 2.10 bits per heavy atom. The van der Waals surface area contributed by atoms with Crippen molar-refractivity contribution >= 4 is 16.6 Å². The number of fused-ring (bicyclic) bond motifs is 4. The molecule has 0 bridgehead atoms. The molecule has 3 aliphatic heterocycles. The van der Waals surface area contributed by atoms with Gasteiger partial charge in [-0.1, -0.05) is 12.1 Å². The van der Waals surface area contributed by atoms with Crippen LogP contribution in [0.5, 0.6) is 5.75 Å². The molecule has 4 heterocycles. The average Bonchev–Trinajstić information content (AvgIpc) is 3.29. The van der Waals surface area contributed by atoms with Crippen molar-refractivity contribution in [2.45, 2.75) is 31.3 Å². The van der Waals surface area contributed by atoms with Crippen LogP contribution in [0.25, 0.3) is 10.9 Å². The SMILES string of the molecule is Fc1ccc2cnn(CCCN3CC[C@H]4[C@@H](C3)c3cccc5c3N4CCO5)c2c1. The average molecular weight is 392 g/mol. The van der Waals surface area contributed by atoms with Crippen LogP contribution in [0.1, 0.15) is 24.3 Å². The molecule has 0 N–H and O–H groups in total. The molecule has 0 saturated carbocycles. The van der Waals surface area contributed by atoms with Crippen LogP contribution >= 0.6 is 0 Å². The normalized spacial score (nSPS) is 23.1. The van der Waals surface area contributed by atoms with E-state index in [0.717, 1.165) is 62.4 Å². The van der Waals surface area contributed by atoms with E-state index in [2.05, 4.69) is 33.1 Å². The van der Waals surface area contributed by atoms with Crippen LogP contribution in [0.3, 0.4) is 0 Å². The van der Waals surface area contributed by atoms with E-state index in [9.17, 15) is 4.39 Å². The molecule has 0 radical (unpaired) electrons. The molecule has 3 aliphatic rings. The van der Waals surface area contributed by atoms with Crippen molar-refractivity contribution in [3.63, 3.8) is 0 Å². The Labute approximate surface area is 169 Å². The molecule has 6 heteroatoms. The van der Waals surface area contributed by atoms with Gasteiger partial charge in [0.05, 0.1) is 23.9 Å². The van der Waals surface area contributed by atoms with Crippen LogP contribution in [0, 0.1) is 5.82 Å². The number of aryl methyl sites for hydroxylation is 1. The van der Waals surface area contributed by atoms with Gasteiger partial charge in [0, 0.05) is 37.0 Å². The van der Waals surface area contributed by atoms with Crippen LogP contribution in [-0.4, -0.2) is 53.5 Å². The Hall–Kier alpha value is -2.60. The van der Waals surface area contributed by atoms with Crippen LogP contribution in [0.2, 0.25) is 0 Å². The Kier molecular flexibility index (Phi) is 4.01. The molecule has 2 aromatic carbocycles. The summed E-state index contributed by atoms with van der Waals surface area (Å²) in [7, 11) is 0. The maximum absolute atomic E-state index is 13.6. The Morgan fingerprint density at radius 3 is 3.07 bits per heavy atom. The quantitative estimate of drug-likeness (QED) is 0.679. The molecule has 6 rings (SSSR count). The fourth-order valence-electron chi connectivity index (χ4n) is 5.51. The summed E-state index contributed by atoms with van der Waals surface area (Å²) in [5.74, 6) is 1.43. The second-order valence-corrected chi connectivity index (χ2v) is 8.42. The number of ether oxygens (including phenoxy) is 1. The molecule has 0 unspecified atom stereocenters. The zero-order valence-corrected chi connectivity index (χ0v) is 16.4. The number of benzene rings is 2. The zero-order chi connectivity index (χ0) is 19.4. The number of piperidine rings is 1. The molecule has 1 fully saturated rings. The second-order valence-electron chi connectivity index (χ2n) is 8.42. The lowest BCUT2D eigenvalue weighted by molar-refractivity contribution is 0.185. The van der Waals surface area contributed by atoms with Gasteiger partial charge in [-0.25, -0.2) is 4.39 Å². The Morgan fingerprint density at radius 1 is 1.14 bits per heavy atom. The molecular weight excluding hydrogens is 367 g/mol. The predicted molar refractivity (Wildman–Crippen MR) is 111 cm³/mol. The van der Waals surface area contributed by atoms with Crippen molar-refractivity contribution < 1.29 is 9.13 Å². The van der Waals surface area contributed by atoms with Gasteiger partial charge in [0.2, 0.25) is 0 Å². The highest BCUT2D eigenvalue weighted by molar-refractivity contribution is 5.78. The van der Waals surface area contributed by atoms with E-state index in [1.165, 1.54) is 23.7 Å². The molecule has 3 aromatic rings. The van der Waals surface area contributed by atoms with Crippen LogP contribution < -0.4 is 9.64 Å². The monoisotopic (exact) mass is 392 g/mol. The summed E-state index contributed by atoms with van der Waals surface area (Å²) < 4.78 is 21.4. The van der Waals surface area contributed by atoms with Crippen molar-refractivity contribution in [1.29, 1.82) is 0 Å². The molecule has 0 aliphatic carbocycles. The maximum atomic E-state index is 13.6. The number of para-hydroxylation sites is 1. The zero-order valence-electron chi connectivity index (χ0n) is 16.4. The minimum absolute atomic E-state index is 0.202. The standard InChI is InChI=1S/C23H25FN4O/c24-17-6-5-16-14-25-28(21(16)13-17)9-2-8-26-10-7-20-19(15-26)18-3-1-4-22-23(18)27(20)11-12-29-22/h1,3-6,13-14,19-20H,2,7-12,15H2/t19-,20-/m0/s1. The van der Waals surface area contributed by atoms with Crippen LogP contribution in [0.15, 0.2) is 42.6 Å². The largest absolute Gasteiger partial charge is 0.490 e. The van der Waals surface area contributed by atoms with E-state index in [-0.39, 0.29) is 5.82 Å². The molecule has 1 saturated heterocycles. The van der Waals surface area contributed by atoms with Gasteiger partial charge >= 0.3 is 0 Å². The first-order valence-corrected chi connectivity index (χ1v) is 10.6. The van der Waals surface area contributed by atoms with E-state index in [4.69, 9.17) is 4.74 Å². The Balaban J connectivity index is 1.14. The van der Waals surface area contributed by atoms with Gasteiger partial charge in [-0.05, 0) is 49.2 Å². The minimum atomic E-state index is -0.202. The van der Waals surface area contributed by atoms with Crippen molar-refractivity contribution in [2.75, 3.05) is 37.7 Å². The van der Waals surface area contributed by atoms with Gasteiger partial charge in [0.1, 0.15) is 18.2 Å². The summed E-state index contributed by atoms with van der Waals surface area (Å²) >= 11 is 0. The highest BCUT2D eigenvalue weighted by Gasteiger charge is 2.44. The molecule has 5 nitrogen and oxygen atoms in total. The third kappa shape index (κ3) is 2.81. The number of aromatic nitrogens is 2. The third-order valence-corrected chi connectivity index (χ3v) is 6.82. The van der Waals surface area contributed by atoms with E-state index in [0.29, 0.717) is 12.0 Å². The molecule has 0 spiro atoms. The van der Waals surface area contributed by atoms with E-state index in [1.54, 1.807) is 12.1 Å². The molecular formula is C23H25FN4O. The smallest absolute Gasteiger partial charge is 0.142 e. The summed E-state index contributed by atoms with van der Waals surface area (Å²) in [4.78, 5) is 5.19. The summed E-state index contributed by atoms with van der Waals surface area (Å²) in [6.45, 7) is 5.90. The predicted octanol–water partition coefficient (Wildman–Crippen LogP) is 3.64. The van der Waals surface area contributed by atoms with E-state index in [1.807, 2.05) is 10.9 Å². The number of halogens is 1. The first-order chi connectivity index (χ1) is 14.3. The number of nitrogens with zero attached hydrogens (tertiary/aromatic N) is 4.